The van der Waals surface area contributed by atoms with Crippen LogP contribution in [0.3, 0.4) is 0 Å². The molecule has 0 spiro atoms. The fourth-order valence-corrected chi connectivity index (χ4v) is 2.54. The summed E-state index contributed by atoms with van der Waals surface area (Å²) < 4.78 is 0. The van der Waals surface area contributed by atoms with Gasteiger partial charge in [0.15, 0.2) is 5.17 Å². The fourth-order valence-electron chi connectivity index (χ4n) is 1.71. The Morgan fingerprint density at radius 2 is 2.19 bits per heavy atom. The number of rotatable bonds is 3. The molecule has 0 fully saturated rings. The summed E-state index contributed by atoms with van der Waals surface area (Å²) in [6.07, 6.45) is 1.21. The molecule has 0 amide bonds. The van der Waals surface area contributed by atoms with Crippen molar-refractivity contribution < 1.29 is 0 Å². The molecule has 16 heavy (non-hydrogen) atoms. The summed E-state index contributed by atoms with van der Waals surface area (Å²) in [6, 6.07) is 10.6. The van der Waals surface area contributed by atoms with Crippen LogP contribution in [0.5, 0.6) is 0 Å². The smallest absolute Gasteiger partial charge is 0.156 e. The molecule has 0 aromatic heterocycles. The van der Waals surface area contributed by atoms with Crippen LogP contribution in [0.25, 0.3) is 0 Å². The first kappa shape index (κ1) is 11.5. The molecule has 1 heterocycles. The van der Waals surface area contributed by atoms with E-state index in [0.717, 1.165) is 18.3 Å². The Morgan fingerprint density at radius 1 is 1.38 bits per heavy atom. The Bertz CT molecular complexity index is 348. The van der Waals surface area contributed by atoms with Crippen LogP contribution < -0.4 is 5.32 Å². The van der Waals surface area contributed by atoms with Crippen molar-refractivity contribution in [1.29, 1.82) is 0 Å². The first-order valence-corrected chi connectivity index (χ1v) is 6.81. The molecule has 2 nitrogen and oxygen atoms in total. The lowest BCUT2D eigenvalue weighted by Crippen LogP contribution is -2.27. The minimum atomic E-state index is 0.534. The van der Waals surface area contributed by atoms with E-state index in [0.29, 0.717) is 5.92 Å². The van der Waals surface area contributed by atoms with Gasteiger partial charge < -0.3 is 5.32 Å². The van der Waals surface area contributed by atoms with Crippen molar-refractivity contribution >= 4 is 16.9 Å². The van der Waals surface area contributed by atoms with Gasteiger partial charge in [-0.3, -0.25) is 4.99 Å². The van der Waals surface area contributed by atoms with E-state index in [-0.39, 0.29) is 0 Å². The molecular formula is C13H18N2S. The number of aliphatic imine (C=N–C) groups is 1. The zero-order chi connectivity index (χ0) is 11.2. The molecule has 1 N–H and O–H groups in total. The monoisotopic (exact) mass is 234 g/mol. The van der Waals surface area contributed by atoms with Gasteiger partial charge in [0.25, 0.3) is 0 Å². The highest BCUT2D eigenvalue weighted by molar-refractivity contribution is 8.13. The Labute approximate surface area is 102 Å². The molecule has 1 atom stereocenters. The van der Waals surface area contributed by atoms with E-state index in [2.05, 4.69) is 47.6 Å². The molecule has 1 aromatic carbocycles. The van der Waals surface area contributed by atoms with Crippen molar-refractivity contribution in [3.05, 3.63) is 35.9 Å². The Balaban J connectivity index is 1.84. The maximum Gasteiger partial charge on any atom is 0.156 e. The molecule has 1 aliphatic rings. The van der Waals surface area contributed by atoms with E-state index < -0.39 is 0 Å². The first-order chi connectivity index (χ1) is 7.86. The summed E-state index contributed by atoms with van der Waals surface area (Å²) in [6.45, 7) is 4.20. The van der Waals surface area contributed by atoms with Gasteiger partial charge in [0.2, 0.25) is 0 Å². The number of hydrogen-bond acceptors (Lipinski definition) is 3. The second kappa shape index (κ2) is 5.94. The molecule has 0 radical (unpaired) electrons. The lowest BCUT2D eigenvalue weighted by molar-refractivity contribution is 0.720. The molecular weight excluding hydrogens is 216 g/mol. The van der Waals surface area contributed by atoms with E-state index in [1.807, 2.05) is 11.8 Å². The highest BCUT2D eigenvalue weighted by Gasteiger charge is 2.08. The van der Waals surface area contributed by atoms with Crippen LogP contribution in [0.15, 0.2) is 35.3 Å². The zero-order valence-electron chi connectivity index (χ0n) is 9.65. The third-order valence-electron chi connectivity index (χ3n) is 2.72. The topological polar surface area (TPSA) is 24.4 Å². The summed E-state index contributed by atoms with van der Waals surface area (Å²) >= 11 is 1.84. The molecule has 1 unspecified atom stereocenters. The largest absolute Gasteiger partial charge is 0.364 e. The Kier molecular flexibility index (Phi) is 4.28. The van der Waals surface area contributed by atoms with Gasteiger partial charge in [-0.25, -0.2) is 0 Å². The van der Waals surface area contributed by atoms with Crippen molar-refractivity contribution in [2.24, 2.45) is 4.99 Å². The zero-order valence-corrected chi connectivity index (χ0v) is 10.5. The molecule has 0 saturated carbocycles. The van der Waals surface area contributed by atoms with Crippen LogP contribution in [0.4, 0.5) is 0 Å². The van der Waals surface area contributed by atoms with Gasteiger partial charge in [0.1, 0.15) is 0 Å². The van der Waals surface area contributed by atoms with Gasteiger partial charge in [-0.2, -0.15) is 0 Å². The first-order valence-electron chi connectivity index (χ1n) is 5.82. The molecule has 0 bridgehead atoms. The predicted octanol–water partition coefficient (Wildman–Crippen LogP) is 2.87. The van der Waals surface area contributed by atoms with Crippen molar-refractivity contribution in [2.75, 3.05) is 18.8 Å². The van der Waals surface area contributed by atoms with Gasteiger partial charge in [-0.05, 0) is 17.9 Å². The molecule has 1 aliphatic heterocycles. The maximum absolute atomic E-state index is 4.46. The van der Waals surface area contributed by atoms with E-state index >= 15 is 0 Å². The third-order valence-corrected chi connectivity index (χ3v) is 3.76. The molecule has 86 valence electrons. The van der Waals surface area contributed by atoms with Gasteiger partial charge >= 0.3 is 0 Å². The van der Waals surface area contributed by atoms with Crippen molar-refractivity contribution in [1.82, 2.24) is 5.32 Å². The van der Waals surface area contributed by atoms with Gasteiger partial charge in [-0.1, -0.05) is 49.0 Å². The SMILES string of the molecule is CC(CNC1=NCCCS1)c1ccccc1. The van der Waals surface area contributed by atoms with Crippen molar-refractivity contribution in [3.63, 3.8) is 0 Å². The molecule has 0 saturated heterocycles. The van der Waals surface area contributed by atoms with Crippen LogP contribution in [0.2, 0.25) is 0 Å². The lowest BCUT2D eigenvalue weighted by Gasteiger charge is -2.17. The van der Waals surface area contributed by atoms with Crippen LogP contribution >= 0.6 is 11.8 Å². The highest BCUT2D eigenvalue weighted by Crippen LogP contribution is 2.15. The van der Waals surface area contributed by atoms with E-state index in [1.165, 1.54) is 17.7 Å². The number of hydrogen-bond donors (Lipinski definition) is 1. The van der Waals surface area contributed by atoms with Crippen LogP contribution in [-0.4, -0.2) is 24.0 Å². The standard InChI is InChI=1S/C13H18N2S/c1-11(12-6-3-2-4-7-12)10-15-13-14-8-5-9-16-13/h2-4,6-7,11H,5,8-10H2,1H3,(H,14,15). The molecule has 1 aromatic rings. The van der Waals surface area contributed by atoms with Crippen LogP contribution in [-0.2, 0) is 0 Å². The van der Waals surface area contributed by atoms with E-state index in [4.69, 9.17) is 0 Å². The average Bonchev–Trinajstić information content (AvgIpc) is 2.38. The van der Waals surface area contributed by atoms with Crippen LogP contribution in [0.1, 0.15) is 24.8 Å². The third kappa shape index (κ3) is 3.27. The van der Waals surface area contributed by atoms with Gasteiger partial charge in [-0.15, -0.1) is 0 Å². The molecule has 3 heteroatoms. The Morgan fingerprint density at radius 3 is 2.88 bits per heavy atom. The lowest BCUT2D eigenvalue weighted by atomic mass is 10.0. The maximum atomic E-state index is 4.46. The minimum absolute atomic E-state index is 0.534. The van der Waals surface area contributed by atoms with Gasteiger partial charge in [0.05, 0.1) is 0 Å². The van der Waals surface area contributed by atoms with E-state index in [1.54, 1.807) is 0 Å². The summed E-state index contributed by atoms with van der Waals surface area (Å²) in [5, 5.41) is 4.55. The number of benzene rings is 1. The quantitative estimate of drug-likeness (QED) is 0.869. The normalized spacial score (nSPS) is 17.7. The van der Waals surface area contributed by atoms with Crippen molar-refractivity contribution in [2.45, 2.75) is 19.3 Å². The summed E-state index contributed by atoms with van der Waals surface area (Å²) in [4.78, 5) is 4.46. The highest BCUT2D eigenvalue weighted by atomic mass is 32.2. The predicted molar refractivity (Wildman–Crippen MR) is 72.2 cm³/mol. The van der Waals surface area contributed by atoms with Crippen LogP contribution in [0, 0.1) is 0 Å². The van der Waals surface area contributed by atoms with Gasteiger partial charge in [0, 0.05) is 18.8 Å². The minimum Gasteiger partial charge on any atom is -0.364 e. The van der Waals surface area contributed by atoms with E-state index in [9.17, 15) is 0 Å². The summed E-state index contributed by atoms with van der Waals surface area (Å²) in [7, 11) is 0. The summed E-state index contributed by atoms with van der Waals surface area (Å²) in [5.41, 5.74) is 1.39. The molecule has 2 rings (SSSR count). The number of nitrogens with zero attached hydrogens (tertiary/aromatic N) is 1. The number of thioether (sulfide) groups is 1. The second-order valence-electron chi connectivity index (χ2n) is 4.08. The fraction of sp³-hybridized carbons (Fsp3) is 0.462. The molecule has 0 aliphatic carbocycles. The summed E-state index contributed by atoms with van der Waals surface area (Å²) in [5.74, 6) is 1.73. The Hall–Kier alpha value is -0.960. The van der Waals surface area contributed by atoms with Crippen molar-refractivity contribution in [3.8, 4) is 0 Å². The number of amidine groups is 1. The average molecular weight is 234 g/mol. The number of nitrogens with one attached hydrogen (secondary N) is 1. The second-order valence-corrected chi connectivity index (χ2v) is 5.17.